The van der Waals surface area contributed by atoms with E-state index in [1.165, 1.54) is 44.6 Å². The van der Waals surface area contributed by atoms with Gasteiger partial charge in [0.1, 0.15) is 0 Å². The highest BCUT2D eigenvalue weighted by molar-refractivity contribution is 5.87. The summed E-state index contributed by atoms with van der Waals surface area (Å²) in [7, 11) is 2.24. The molecule has 3 heterocycles. The first-order valence-electron chi connectivity index (χ1n) is 10.6. The number of nitrogens with one attached hydrogen (secondary N) is 1. The van der Waals surface area contributed by atoms with E-state index in [1.54, 1.807) is 0 Å². The largest absolute Gasteiger partial charge is 0.321 e. The Labute approximate surface area is 172 Å². The Balaban J connectivity index is 1.34. The highest BCUT2D eigenvalue weighted by Gasteiger charge is 2.42. The maximum atomic E-state index is 12.5. The number of fused-ring (bicyclic) bond motifs is 1. The summed E-state index contributed by atoms with van der Waals surface area (Å²) >= 11 is 0. The van der Waals surface area contributed by atoms with Crippen LogP contribution < -0.4 is 5.56 Å². The Kier molecular flexibility index (Phi) is 4.56. The molecule has 1 spiro atoms. The summed E-state index contributed by atoms with van der Waals surface area (Å²) in [5.41, 5.74) is 4.93. The first kappa shape index (κ1) is 18.6. The van der Waals surface area contributed by atoms with Gasteiger partial charge in [0.25, 0.3) is 5.56 Å². The summed E-state index contributed by atoms with van der Waals surface area (Å²) in [6.07, 6.45) is 2.67. The molecule has 29 heavy (non-hydrogen) atoms. The fraction of sp³-hybridized carbons (Fsp3) is 0.400. The lowest BCUT2D eigenvalue weighted by Gasteiger charge is -2.24. The molecular weight excluding hydrogens is 358 g/mol. The zero-order valence-electron chi connectivity index (χ0n) is 17.4. The predicted octanol–water partition coefficient (Wildman–Crippen LogP) is 4.03. The highest BCUT2D eigenvalue weighted by atomic mass is 16.1. The van der Waals surface area contributed by atoms with E-state index in [-0.39, 0.29) is 5.56 Å². The Morgan fingerprint density at radius 1 is 1.00 bits per heavy atom. The number of hydrogen-bond donors (Lipinski definition) is 1. The van der Waals surface area contributed by atoms with Crippen molar-refractivity contribution in [3.8, 4) is 11.3 Å². The molecule has 2 aliphatic rings. The number of likely N-dealkylation sites (tertiary alicyclic amines) is 2. The first-order chi connectivity index (χ1) is 14.0. The lowest BCUT2D eigenvalue weighted by atomic mass is 9.86. The third kappa shape index (κ3) is 3.52. The van der Waals surface area contributed by atoms with E-state index < -0.39 is 0 Å². The van der Waals surface area contributed by atoms with E-state index in [0.717, 1.165) is 34.1 Å². The van der Waals surface area contributed by atoms with Crippen LogP contribution in [0.2, 0.25) is 0 Å². The smallest absolute Gasteiger partial charge is 0.256 e. The number of aromatic nitrogens is 1. The van der Waals surface area contributed by atoms with Crippen molar-refractivity contribution >= 4 is 10.8 Å². The molecule has 0 amide bonds. The van der Waals surface area contributed by atoms with Gasteiger partial charge in [-0.15, -0.1) is 0 Å². The first-order valence-corrected chi connectivity index (χ1v) is 10.6. The number of rotatable bonds is 3. The lowest BCUT2D eigenvalue weighted by molar-refractivity contribution is 0.250. The molecule has 1 atom stereocenters. The van der Waals surface area contributed by atoms with Crippen molar-refractivity contribution < 1.29 is 0 Å². The second-order valence-corrected chi connectivity index (χ2v) is 9.19. The second kappa shape index (κ2) is 7.12. The molecule has 150 valence electrons. The normalized spacial score (nSPS) is 22.8. The Hall–Kier alpha value is -2.43. The van der Waals surface area contributed by atoms with Gasteiger partial charge in [-0.1, -0.05) is 36.4 Å². The van der Waals surface area contributed by atoms with Gasteiger partial charge in [0.15, 0.2) is 0 Å². The molecule has 5 rings (SSSR count). The van der Waals surface area contributed by atoms with Crippen LogP contribution >= 0.6 is 0 Å². The Morgan fingerprint density at radius 3 is 2.55 bits per heavy atom. The molecule has 2 saturated heterocycles. The minimum Gasteiger partial charge on any atom is -0.321 e. The van der Waals surface area contributed by atoms with Crippen molar-refractivity contribution in [1.29, 1.82) is 0 Å². The van der Waals surface area contributed by atoms with Gasteiger partial charge in [0.05, 0.1) is 0 Å². The molecule has 0 aliphatic carbocycles. The summed E-state index contributed by atoms with van der Waals surface area (Å²) in [4.78, 5) is 20.6. The van der Waals surface area contributed by atoms with Crippen LogP contribution in [0, 0.1) is 12.3 Å². The molecule has 0 bridgehead atoms. The summed E-state index contributed by atoms with van der Waals surface area (Å²) in [5.74, 6) is 0. The number of pyridine rings is 1. The molecule has 1 aromatic heterocycles. The maximum absolute atomic E-state index is 12.5. The average molecular weight is 388 g/mol. The van der Waals surface area contributed by atoms with Crippen LogP contribution in [0.4, 0.5) is 0 Å². The number of nitrogens with zero attached hydrogens (tertiary/aromatic N) is 2. The zero-order chi connectivity index (χ0) is 20.0. The van der Waals surface area contributed by atoms with Crippen molar-refractivity contribution in [2.45, 2.75) is 26.3 Å². The highest BCUT2D eigenvalue weighted by Crippen LogP contribution is 2.39. The van der Waals surface area contributed by atoms with E-state index >= 15 is 0 Å². The van der Waals surface area contributed by atoms with Gasteiger partial charge in [-0.3, -0.25) is 9.69 Å². The van der Waals surface area contributed by atoms with Gasteiger partial charge >= 0.3 is 0 Å². The van der Waals surface area contributed by atoms with E-state index in [1.807, 2.05) is 12.1 Å². The summed E-state index contributed by atoms with van der Waals surface area (Å²) < 4.78 is 0. The number of H-pyrrole nitrogens is 1. The fourth-order valence-electron chi connectivity index (χ4n) is 5.30. The minimum absolute atomic E-state index is 0.0193. The second-order valence-electron chi connectivity index (χ2n) is 9.19. The number of benzene rings is 2. The van der Waals surface area contributed by atoms with Crippen LogP contribution in [-0.4, -0.2) is 48.0 Å². The van der Waals surface area contributed by atoms with E-state index in [0.29, 0.717) is 5.41 Å². The van der Waals surface area contributed by atoms with E-state index in [2.05, 4.69) is 65.2 Å². The molecule has 0 radical (unpaired) electrons. The Morgan fingerprint density at radius 2 is 1.79 bits per heavy atom. The van der Waals surface area contributed by atoms with Crippen molar-refractivity contribution in [3.05, 3.63) is 70.0 Å². The van der Waals surface area contributed by atoms with Crippen molar-refractivity contribution in [3.63, 3.8) is 0 Å². The van der Waals surface area contributed by atoms with Gasteiger partial charge in [-0.05, 0) is 79.5 Å². The topological polar surface area (TPSA) is 39.3 Å². The van der Waals surface area contributed by atoms with Crippen LogP contribution in [0.1, 0.15) is 24.0 Å². The molecule has 1 N–H and O–H groups in total. The molecular formula is C25H29N3O. The number of aromatic amines is 1. The SMILES string of the molecule is Cc1cccc2c(=O)[nH]c(-c3ccc(CN4CCC5(CCN(C)C5)C4)cc3)cc12. The van der Waals surface area contributed by atoms with Crippen molar-refractivity contribution in [2.24, 2.45) is 5.41 Å². The zero-order valence-corrected chi connectivity index (χ0v) is 17.4. The lowest BCUT2D eigenvalue weighted by Crippen LogP contribution is -2.29. The monoisotopic (exact) mass is 387 g/mol. The third-order valence-corrected chi connectivity index (χ3v) is 6.92. The van der Waals surface area contributed by atoms with E-state index in [4.69, 9.17) is 0 Å². The molecule has 3 aromatic rings. The molecule has 4 nitrogen and oxygen atoms in total. The Bertz CT molecular complexity index is 1100. The van der Waals surface area contributed by atoms with Crippen molar-refractivity contribution in [2.75, 3.05) is 33.2 Å². The fourth-order valence-corrected chi connectivity index (χ4v) is 5.30. The van der Waals surface area contributed by atoms with Crippen LogP contribution in [-0.2, 0) is 6.54 Å². The van der Waals surface area contributed by atoms with Crippen molar-refractivity contribution in [1.82, 2.24) is 14.8 Å². The van der Waals surface area contributed by atoms with Crippen LogP contribution in [0.3, 0.4) is 0 Å². The van der Waals surface area contributed by atoms with Crippen LogP contribution in [0.25, 0.3) is 22.0 Å². The predicted molar refractivity (Wildman–Crippen MR) is 119 cm³/mol. The molecule has 2 aromatic carbocycles. The van der Waals surface area contributed by atoms with Gasteiger partial charge in [-0.25, -0.2) is 0 Å². The number of hydrogen-bond acceptors (Lipinski definition) is 3. The molecule has 1 unspecified atom stereocenters. The number of aryl methyl sites for hydroxylation is 1. The van der Waals surface area contributed by atoms with Gasteiger partial charge in [0.2, 0.25) is 0 Å². The average Bonchev–Trinajstić information content (AvgIpc) is 3.28. The molecule has 2 aliphatic heterocycles. The van der Waals surface area contributed by atoms with Crippen LogP contribution in [0.5, 0.6) is 0 Å². The maximum Gasteiger partial charge on any atom is 0.256 e. The molecule has 4 heteroatoms. The van der Waals surface area contributed by atoms with Crippen LogP contribution in [0.15, 0.2) is 53.3 Å². The van der Waals surface area contributed by atoms with Gasteiger partial charge in [-0.2, -0.15) is 0 Å². The van der Waals surface area contributed by atoms with Gasteiger partial charge < -0.3 is 9.88 Å². The molecule has 2 fully saturated rings. The summed E-state index contributed by atoms with van der Waals surface area (Å²) in [6.45, 7) is 7.98. The quantitative estimate of drug-likeness (QED) is 0.737. The molecule has 0 saturated carbocycles. The standard InChI is InChI=1S/C25H29N3O/c1-18-4-3-5-21-22(18)14-23(26-24(21)29)20-8-6-19(7-9-20)15-28-13-11-25(17-28)10-12-27(2)16-25/h3-9,14H,10-13,15-17H2,1-2H3,(H,26,29). The van der Waals surface area contributed by atoms with Gasteiger partial charge in [0, 0.05) is 30.7 Å². The van der Waals surface area contributed by atoms with E-state index in [9.17, 15) is 4.79 Å². The minimum atomic E-state index is -0.0193. The summed E-state index contributed by atoms with van der Waals surface area (Å²) in [6, 6.07) is 16.7. The third-order valence-electron chi connectivity index (χ3n) is 6.92. The summed E-state index contributed by atoms with van der Waals surface area (Å²) in [5, 5.41) is 1.78.